The van der Waals surface area contributed by atoms with Crippen molar-refractivity contribution in [1.29, 1.82) is 0 Å². The fourth-order valence-electron chi connectivity index (χ4n) is 0.747. The van der Waals surface area contributed by atoms with Crippen LogP contribution in [0.1, 0.15) is 0 Å². The molecule has 0 bridgehead atoms. The Balaban J connectivity index is 3.25. The molecule has 0 aliphatic heterocycles. The van der Waals surface area contributed by atoms with Gasteiger partial charge in [0.05, 0.1) is 4.90 Å². The number of halogens is 4. The molecule has 0 fully saturated rings. The van der Waals surface area contributed by atoms with Gasteiger partial charge in [-0.1, -0.05) is 23.2 Å². The van der Waals surface area contributed by atoms with E-state index >= 15 is 0 Å². The first-order valence-electron chi connectivity index (χ1n) is 3.32. The highest BCUT2D eigenvalue weighted by Crippen LogP contribution is 2.41. The molecule has 1 rings (SSSR count). The lowest BCUT2D eigenvalue weighted by Crippen LogP contribution is -2.18. The molecule has 0 aliphatic carbocycles. The molecule has 0 N–H and O–H groups in total. The zero-order chi connectivity index (χ0) is 11.0. The molecular formula is C7H4Br2Cl2O2S. The van der Waals surface area contributed by atoms with Gasteiger partial charge in [0.25, 0.3) is 2.02 Å². The molecule has 78 valence electrons. The summed E-state index contributed by atoms with van der Waals surface area (Å²) in [7, 11) is -3.65. The van der Waals surface area contributed by atoms with E-state index in [0.717, 1.165) is 0 Å². The molecule has 7 heteroatoms. The highest BCUT2D eigenvalue weighted by atomic mass is 79.9. The van der Waals surface area contributed by atoms with Crippen molar-refractivity contribution in [2.24, 2.45) is 0 Å². The molecule has 1 aromatic carbocycles. The summed E-state index contributed by atoms with van der Waals surface area (Å²) in [5, 5.41) is 0.466. The third kappa shape index (κ3) is 2.64. The standard InChI is InChI=1S/C7H4Br2Cl2O2S/c8-7(9,11)14(12,13)6-3-1-5(10)2-4-6/h1-4H. The van der Waals surface area contributed by atoms with Crippen LogP contribution in [0.3, 0.4) is 0 Å². The minimum Gasteiger partial charge on any atom is -0.220 e. The van der Waals surface area contributed by atoms with Crippen molar-refractivity contribution < 1.29 is 8.42 Å². The van der Waals surface area contributed by atoms with E-state index in [1.54, 1.807) is 0 Å². The van der Waals surface area contributed by atoms with Gasteiger partial charge in [0, 0.05) is 5.02 Å². The third-order valence-corrected chi connectivity index (χ3v) is 6.35. The second-order valence-corrected chi connectivity index (χ2v) is 11.1. The van der Waals surface area contributed by atoms with Gasteiger partial charge >= 0.3 is 0 Å². The molecule has 0 atom stereocenters. The Labute approximate surface area is 109 Å². The fourth-order valence-corrected chi connectivity index (χ4v) is 3.02. The Morgan fingerprint density at radius 3 is 1.93 bits per heavy atom. The normalized spacial score (nSPS) is 12.9. The van der Waals surface area contributed by atoms with Gasteiger partial charge in [-0.2, -0.15) is 0 Å². The smallest absolute Gasteiger partial charge is 0.220 e. The van der Waals surface area contributed by atoms with E-state index in [1.807, 2.05) is 0 Å². The number of rotatable bonds is 2. The van der Waals surface area contributed by atoms with Crippen molar-refractivity contribution >= 4 is 64.9 Å². The van der Waals surface area contributed by atoms with Crippen LogP contribution in [0.5, 0.6) is 0 Å². The van der Waals surface area contributed by atoms with Gasteiger partial charge in [-0.05, 0) is 56.1 Å². The van der Waals surface area contributed by atoms with Crippen LogP contribution in [0.2, 0.25) is 5.02 Å². The molecule has 0 aromatic heterocycles. The molecule has 2 nitrogen and oxygen atoms in total. The van der Waals surface area contributed by atoms with Crippen molar-refractivity contribution in [2.45, 2.75) is 6.92 Å². The van der Waals surface area contributed by atoms with E-state index in [4.69, 9.17) is 23.2 Å². The third-order valence-electron chi connectivity index (χ3n) is 1.43. The molecule has 0 radical (unpaired) electrons. The van der Waals surface area contributed by atoms with Crippen LogP contribution in [0.4, 0.5) is 0 Å². The maximum atomic E-state index is 11.7. The van der Waals surface area contributed by atoms with Crippen molar-refractivity contribution in [3.05, 3.63) is 29.3 Å². The minimum atomic E-state index is -3.65. The molecule has 0 aliphatic rings. The van der Waals surface area contributed by atoms with E-state index in [-0.39, 0.29) is 4.90 Å². The Bertz CT molecular complexity index is 422. The largest absolute Gasteiger partial charge is 0.257 e. The average Bonchev–Trinajstić information content (AvgIpc) is 2.03. The van der Waals surface area contributed by atoms with Crippen LogP contribution in [-0.2, 0) is 9.84 Å². The zero-order valence-electron chi connectivity index (χ0n) is 6.55. The van der Waals surface area contributed by atoms with E-state index in [1.165, 1.54) is 24.3 Å². The van der Waals surface area contributed by atoms with Gasteiger partial charge in [-0.25, -0.2) is 8.42 Å². The lowest BCUT2D eigenvalue weighted by molar-refractivity contribution is 0.598. The molecule has 1 aromatic rings. The second-order valence-electron chi connectivity index (χ2n) is 2.40. The van der Waals surface area contributed by atoms with Crippen molar-refractivity contribution in [1.82, 2.24) is 0 Å². The summed E-state index contributed by atoms with van der Waals surface area (Å²) in [4.78, 5) is 0.0886. The van der Waals surface area contributed by atoms with Crippen LogP contribution in [0.25, 0.3) is 0 Å². The predicted molar refractivity (Wildman–Crippen MR) is 65.1 cm³/mol. The SMILES string of the molecule is O=S(=O)(c1ccc(Cl)cc1)C(Cl)(Br)Br. The predicted octanol–water partition coefficient (Wildman–Crippen LogP) is 3.75. The van der Waals surface area contributed by atoms with Gasteiger partial charge < -0.3 is 0 Å². The van der Waals surface area contributed by atoms with Gasteiger partial charge in [0.2, 0.25) is 9.84 Å². The molecule has 0 amide bonds. The van der Waals surface area contributed by atoms with E-state index in [0.29, 0.717) is 5.02 Å². The van der Waals surface area contributed by atoms with Crippen molar-refractivity contribution in [3.8, 4) is 0 Å². The Morgan fingerprint density at radius 1 is 1.14 bits per heavy atom. The summed E-state index contributed by atoms with van der Waals surface area (Å²) in [6.07, 6.45) is 0. The van der Waals surface area contributed by atoms with Crippen molar-refractivity contribution in [3.63, 3.8) is 0 Å². The summed E-state index contributed by atoms with van der Waals surface area (Å²) < 4.78 is 21.7. The molecule has 0 spiro atoms. The summed E-state index contributed by atoms with van der Waals surface area (Å²) in [5.74, 6) is 0. The molecule has 0 saturated carbocycles. The van der Waals surface area contributed by atoms with Crippen LogP contribution in [0, 0.1) is 0 Å². The quantitative estimate of drug-likeness (QED) is 0.730. The Kier molecular flexibility index (Phi) is 3.92. The number of alkyl halides is 3. The van der Waals surface area contributed by atoms with Crippen LogP contribution in [-0.4, -0.2) is 10.4 Å². The highest BCUT2D eigenvalue weighted by Gasteiger charge is 2.37. The first-order chi connectivity index (χ1) is 6.25. The van der Waals surface area contributed by atoms with Crippen molar-refractivity contribution in [2.75, 3.05) is 0 Å². The lowest BCUT2D eigenvalue weighted by Gasteiger charge is -2.12. The molecule has 0 heterocycles. The van der Waals surface area contributed by atoms with E-state index < -0.39 is 11.9 Å². The number of benzene rings is 1. The molecule has 14 heavy (non-hydrogen) atoms. The Hall–Kier alpha value is 0.710. The monoisotopic (exact) mass is 380 g/mol. The molecule has 0 saturated heterocycles. The maximum Gasteiger partial charge on any atom is 0.257 e. The Morgan fingerprint density at radius 2 is 1.57 bits per heavy atom. The molecule has 0 unspecified atom stereocenters. The first kappa shape index (κ1) is 12.8. The second kappa shape index (κ2) is 4.29. The highest BCUT2D eigenvalue weighted by molar-refractivity contribution is 9.28. The summed E-state index contributed by atoms with van der Waals surface area (Å²) in [6.45, 7) is 0. The van der Waals surface area contributed by atoms with Gasteiger partial charge in [-0.3, -0.25) is 0 Å². The number of hydrogen-bond donors (Lipinski definition) is 0. The average molecular weight is 383 g/mol. The van der Waals surface area contributed by atoms with Crippen LogP contribution < -0.4 is 0 Å². The summed E-state index contributed by atoms with van der Waals surface area (Å²) in [5.41, 5.74) is 0. The minimum absolute atomic E-state index is 0.0886. The summed E-state index contributed by atoms with van der Waals surface area (Å²) in [6, 6.07) is 5.74. The van der Waals surface area contributed by atoms with Gasteiger partial charge in [0.1, 0.15) is 0 Å². The molecular weight excluding hydrogens is 379 g/mol. The van der Waals surface area contributed by atoms with E-state index in [2.05, 4.69) is 31.9 Å². The fraction of sp³-hybridized carbons (Fsp3) is 0.143. The topological polar surface area (TPSA) is 34.1 Å². The summed E-state index contributed by atoms with van der Waals surface area (Å²) >= 11 is 16.9. The lowest BCUT2D eigenvalue weighted by atomic mass is 10.4. The maximum absolute atomic E-state index is 11.7. The number of sulfone groups is 1. The van der Waals surface area contributed by atoms with Crippen LogP contribution >= 0.6 is 55.1 Å². The van der Waals surface area contributed by atoms with Crippen LogP contribution in [0.15, 0.2) is 29.2 Å². The van der Waals surface area contributed by atoms with Gasteiger partial charge in [-0.15, -0.1) is 0 Å². The zero-order valence-corrected chi connectivity index (χ0v) is 12.0. The van der Waals surface area contributed by atoms with Gasteiger partial charge in [0.15, 0.2) is 0 Å². The number of hydrogen-bond acceptors (Lipinski definition) is 2. The first-order valence-corrected chi connectivity index (χ1v) is 7.14. The van der Waals surface area contributed by atoms with E-state index in [9.17, 15) is 8.42 Å².